The minimum atomic E-state index is -3.75. The van der Waals surface area contributed by atoms with Crippen molar-refractivity contribution < 1.29 is 22.9 Å². The van der Waals surface area contributed by atoms with Gasteiger partial charge in [0, 0.05) is 17.8 Å². The molecule has 0 radical (unpaired) electrons. The Labute approximate surface area is 193 Å². The predicted molar refractivity (Wildman–Crippen MR) is 127 cm³/mol. The Morgan fingerprint density at radius 1 is 0.727 bits per heavy atom. The van der Waals surface area contributed by atoms with Gasteiger partial charge in [0.15, 0.2) is 13.1 Å². The fraction of sp³-hybridized carbons (Fsp3) is 0.167. The Balaban J connectivity index is 1.64. The standard InChI is InChI=1S/C24H26N4O4S/c25-33(31,32)22-13-11-19(12-14-22)15-16-28(17-23(29)26-20-7-3-1-4-8-20)18-24(30)27-21-9-5-2-6-10-21/h1-14H,15-18H2,(H,26,29)(H,27,30)(H2,25,31,32)/p+1. The first-order valence-corrected chi connectivity index (χ1v) is 12.0. The summed E-state index contributed by atoms with van der Waals surface area (Å²) >= 11 is 0. The summed E-state index contributed by atoms with van der Waals surface area (Å²) in [4.78, 5) is 26.0. The van der Waals surface area contributed by atoms with E-state index in [1.807, 2.05) is 36.4 Å². The maximum Gasteiger partial charge on any atom is 0.279 e. The topological polar surface area (TPSA) is 123 Å². The number of hydrogen-bond donors (Lipinski definition) is 4. The van der Waals surface area contributed by atoms with Crippen LogP contribution in [-0.2, 0) is 26.0 Å². The molecule has 0 saturated heterocycles. The van der Waals surface area contributed by atoms with E-state index in [0.717, 1.165) is 10.5 Å². The van der Waals surface area contributed by atoms with E-state index in [1.165, 1.54) is 12.1 Å². The maximum absolute atomic E-state index is 12.6. The van der Waals surface area contributed by atoms with Gasteiger partial charge in [-0.3, -0.25) is 9.59 Å². The van der Waals surface area contributed by atoms with Gasteiger partial charge >= 0.3 is 0 Å². The number of sulfonamides is 1. The van der Waals surface area contributed by atoms with Gasteiger partial charge in [0.1, 0.15) is 0 Å². The normalized spacial score (nSPS) is 11.2. The highest BCUT2D eigenvalue weighted by Crippen LogP contribution is 2.09. The minimum Gasteiger partial charge on any atom is -0.321 e. The fourth-order valence-electron chi connectivity index (χ4n) is 3.31. The van der Waals surface area contributed by atoms with Crippen LogP contribution in [0.4, 0.5) is 11.4 Å². The molecule has 0 atom stereocenters. The first-order valence-electron chi connectivity index (χ1n) is 10.4. The van der Waals surface area contributed by atoms with Crippen molar-refractivity contribution in [1.29, 1.82) is 0 Å². The molecule has 3 aromatic rings. The molecule has 172 valence electrons. The average Bonchev–Trinajstić information content (AvgIpc) is 2.78. The van der Waals surface area contributed by atoms with Crippen LogP contribution >= 0.6 is 0 Å². The van der Waals surface area contributed by atoms with Gasteiger partial charge in [0.05, 0.1) is 11.4 Å². The van der Waals surface area contributed by atoms with Gasteiger partial charge < -0.3 is 15.5 Å². The number of nitrogens with one attached hydrogen (secondary N) is 3. The van der Waals surface area contributed by atoms with Crippen LogP contribution < -0.4 is 20.7 Å². The summed E-state index contributed by atoms with van der Waals surface area (Å²) in [7, 11) is -3.75. The van der Waals surface area contributed by atoms with Crippen molar-refractivity contribution >= 4 is 33.2 Å². The lowest BCUT2D eigenvalue weighted by Crippen LogP contribution is -3.14. The summed E-state index contributed by atoms with van der Waals surface area (Å²) in [6, 6.07) is 24.5. The van der Waals surface area contributed by atoms with Crippen molar-refractivity contribution in [2.45, 2.75) is 11.3 Å². The van der Waals surface area contributed by atoms with E-state index in [1.54, 1.807) is 36.4 Å². The van der Waals surface area contributed by atoms with Gasteiger partial charge in [-0.1, -0.05) is 48.5 Å². The third kappa shape index (κ3) is 8.15. The van der Waals surface area contributed by atoms with Gasteiger partial charge in [-0.2, -0.15) is 0 Å². The molecule has 0 unspecified atom stereocenters. The number of nitrogens with two attached hydrogens (primary N) is 1. The second kappa shape index (κ2) is 11.4. The first-order chi connectivity index (χ1) is 15.8. The van der Waals surface area contributed by atoms with Crippen LogP contribution in [0.2, 0.25) is 0 Å². The molecule has 0 aliphatic rings. The number of anilines is 2. The van der Waals surface area contributed by atoms with Gasteiger partial charge in [0.2, 0.25) is 10.0 Å². The number of para-hydroxylation sites is 2. The molecule has 9 heteroatoms. The molecule has 0 aliphatic heterocycles. The van der Waals surface area contributed by atoms with Crippen molar-refractivity contribution in [3.63, 3.8) is 0 Å². The SMILES string of the molecule is NS(=O)(=O)c1ccc(CC[NH+](CC(=O)Nc2ccccc2)CC(=O)Nc2ccccc2)cc1. The molecule has 0 saturated carbocycles. The number of rotatable bonds is 10. The quantitative estimate of drug-likeness (QED) is 0.356. The van der Waals surface area contributed by atoms with E-state index in [0.29, 0.717) is 24.3 Å². The zero-order valence-electron chi connectivity index (χ0n) is 18.0. The molecule has 33 heavy (non-hydrogen) atoms. The molecule has 0 aliphatic carbocycles. The third-order valence-corrected chi connectivity index (χ3v) is 5.88. The summed E-state index contributed by atoms with van der Waals surface area (Å²) < 4.78 is 22.9. The predicted octanol–water partition coefficient (Wildman–Crippen LogP) is 1.04. The molecular weight excluding hydrogens is 440 g/mol. The zero-order chi connectivity index (χ0) is 23.7. The minimum absolute atomic E-state index is 0.0416. The summed E-state index contributed by atoms with van der Waals surface area (Å²) in [5.41, 5.74) is 2.26. The number of quaternary nitrogens is 1. The lowest BCUT2D eigenvalue weighted by Gasteiger charge is -2.19. The summed E-state index contributed by atoms with van der Waals surface area (Å²) in [5.74, 6) is -0.401. The van der Waals surface area contributed by atoms with Crippen molar-refractivity contribution in [2.75, 3.05) is 30.3 Å². The van der Waals surface area contributed by atoms with Gasteiger partial charge in [-0.05, 0) is 42.0 Å². The van der Waals surface area contributed by atoms with Crippen LogP contribution in [0.3, 0.4) is 0 Å². The smallest absolute Gasteiger partial charge is 0.279 e. The number of carbonyl (C=O) groups is 2. The van der Waals surface area contributed by atoms with Crippen LogP contribution in [0.15, 0.2) is 89.8 Å². The lowest BCUT2D eigenvalue weighted by molar-refractivity contribution is -0.883. The van der Waals surface area contributed by atoms with Crippen LogP contribution in [-0.4, -0.2) is 39.9 Å². The second-order valence-corrected chi connectivity index (χ2v) is 9.18. The summed E-state index contributed by atoms with van der Waals surface area (Å²) in [6.45, 7) is 0.706. The zero-order valence-corrected chi connectivity index (χ0v) is 18.8. The van der Waals surface area contributed by atoms with Gasteiger partial charge in [-0.25, -0.2) is 13.6 Å². The summed E-state index contributed by atoms with van der Waals surface area (Å²) in [5, 5.41) is 10.8. The second-order valence-electron chi connectivity index (χ2n) is 7.62. The third-order valence-electron chi connectivity index (χ3n) is 4.96. The Morgan fingerprint density at radius 2 is 1.18 bits per heavy atom. The van der Waals surface area contributed by atoms with E-state index < -0.39 is 10.0 Å². The monoisotopic (exact) mass is 467 g/mol. The molecule has 8 nitrogen and oxygen atoms in total. The van der Waals surface area contributed by atoms with Crippen LogP contribution in [0.25, 0.3) is 0 Å². The van der Waals surface area contributed by atoms with Crippen LogP contribution in [0, 0.1) is 0 Å². The van der Waals surface area contributed by atoms with Crippen LogP contribution in [0.1, 0.15) is 5.56 Å². The van der Waals surface area contributed by atoms with Crippen molar-refractivity contribution in [1.82, 2.24) is 0 Å². The van der Waals surface area contributed by atoms with E-state index in [9.17, 15) is 18.0 Å². The molecule has 0 fully saturated rings. The Morgan fingerprint density at radius 3 is 1.61 bits per heavy atom. The highest BCUT2D eigenvalue weighted by molar-refractivity contribution is 7.89. The van der Waals surface area contributed by atoms with E-state index in [-0.39, 0.29) is 29.8 Å². The molecule has 2 amide bonds. The molecule has 3 aromatic carbocycles. The van der Waals surface area contributed by atoms with Crippen molar-refractivity contribution in [3.05, 3.63) is 90.5 Å². The number of hydrogen-bond acceptors (Lipinski definition) is 4. The number of amides is 2. The molecule has 0 aromatic heterocycles. The van der Waals surface area contributed by atoms with Crippen LogP contribution in [0.5, 0.6) is 0 Å². The maximum atomic E-state index is 12.6. The van der Waals surface area contributed by atoms with Gasteiger partial charge in [0.25, 0.3) is 11.8 Å². The molecular formula is C24H27N4O4S+. The largest absolute Gasteiger partial charge is 0.321 e. The molecule has 5 N–H and O–H groups in total. The molecule has 0 heterocycles. The first kappa shape index (κ1) is 24.1. The van der Waals surface area contributed by atoms with Crippen molar-refractivity contribution in [2.24, 2.45) is 5.14 Å². The van der Waals surface area contributed by atoms with Crippen molar-refractivity contribution in [3.8, 4) is 0 Å². The Bertz CT molecular complexity index is 1110. The van der Waals surface area contributed by atoms with Gasteiger partial charge in [-0.15, -0.1) is 0 Å². The van der Waals surface area contributed by atoms with E-state index in [2.05, 4.69) is 10.6 Å². The lowest BCUT2D eigenvalue weighted by atomic mass is 10.1. The molecule has 0 bridgehead atoms. The number of benzene rings is 3. The Kier molecular flexibility index (Phi) is 8.31. The number of primary sulfonamides is 1. The average molecular weight is 468 g/mol. The number of carbonyl (C=O) groups excluding carboxylic acids is 2. The van der Waals surface area contributed by atoms with E-state index >= 15 is 0 Å². The molecule has 3 rings (SSSR count). The highest BCUT2D eigenvalue weighted by atomic mass is 32.2. The fourth-order valence-corrected chi connectivity index (χ4v) is 3.83. The highest BCUT2D eigenvalue weighted by Gasteiger charge is 2.19. The molecule has 0 spiro atoms. The Hall–Kier alpha value is -3.53. The summed E-state index contributed by atoms with van der Waals surface area (Å²) in [6.07, 6.45) is 0.553. The van der Waals surface area contributed by atoms with E-state index in [4.69, 9.17) is 5.14 Å².